The minimum atomic E-state index is -0.829. The summed E-state index contributed by atoms with van der Waals surface area (Å²) in [6, 6.07) is 6.94. The molecule has 0 heterocycles. The average Bonchev–Trinajstić information content (AvgIpc) is 2.48. The van der Waals surface area contributed by atoms with Gasteiger partial charge >= 0.3 is 5.97 Å². The van der Waals surface area contributed by atoms with E-state index in [1.807, 2.05) is 12.1 Å². The number of ether oxygens (including phenoxy) is 1. The van der Waals surface area contributed by atoms with E-state index in [0.717, 1.165) is 24.8 Å². The van der Waals surface area contributed by atoms with E-state index in [-0.39, 0.29) is 11.9 Å². The first-order valence-electron chi connectivity index (χ1n) is 7.24. The van der Waals surface area contributed by atoms with Crippen molar-refractivity contribution in [3.05, 3.63) is 35.4 Å². The Balaban J connectivity index is 2.11. The first-order valence-corrected chi connectivity index (χ1v) is 7.24. The Morgan fingerprint density at radius 3 is 2.71 bits per heavy atom. The molecule has 0 aromatic heterocycles. The van der Waals surface area contributed by atoms with Gasteiger partial charge in [0.2, 0.25) is 0 Å². The molecule has 2 unspecified atom stereocenters. The third-order valence-electron chi connectivity index (χ3n) is 3.96. The van der Waals surface area contributed by atoms with E-state index < -0.39 is 11.9 Å². The summed E-state index contributed by atoms with van der Waals surface area (Å²) in [4.78, 5) is 23.7. The molecular formula is C16H21NO4. The molecule has 1 aromatic carbocycles. The molecule has 2 N–H and O–H groups in total. The fourth-order valence-electron chi connectivity index (χ4n) is 2.87. The Hall–Kier alpha value is -1.88. The van der Waals surface area contributed by atoms with Crippen LogP contribution in [0, 0.1) is 5.92 Å². The number of carbonyl (C=O) groups is 2. The van der Waals surface area contributed by atoms with Crippen molar-refractivity contribution in [1.82, 2.24) is 5.32 Å². The van der Waals surface area contributed by atoms with Crippen molar-refractivity contribution in [2.24, 2.45) is 5.92 Å². The van der Waals surface area contributed by atoms with Crippen LogP contribution in [0.1, 0.15) is 41.6 Å². The summed E-state index contributed by atoms with van der Waals surface area (Å²) < 4.78 is 5.09. The van der Waals surface area contributed by atoms with Crippen LogP contribution >= 0.6 is 0 Å². The maximum Gasteiger partial charge on any atom is 0.308 e. The third-order valence-corrected chi connectivity index (χ3v) is 3.96. The highest BCUT2D eigenvalue weighted by Gasteiger charge is 2.32. The topological polar surface area (TPSA) is 75.6 Å². The quantitative estimate of drug-likeness (QED) is 0.872. The molecule has 114 valence electrons. The van der Waals surface area contributed by atoms with Gasteiger partial charge in [0.05, 0.1) is 12.5 Å². The number of methoxy groups -OCH3 is 1. The number of hydrogen-bond donors (Lipinski definition) is 2. The molecule has 5 heteroatoms. The number of rotatable bonds is 5. The van der Waals surface area contributed by atoms with Crippen LogP contribution in [0.15, 0.2) is 24.3 Å². The first kappa shape index (κ1) is 15.5. The number of carbonyl (C=O) groups excluding carboxylic acids is 1. The van der Waals surface area contributed by atoms with E-state index in [1.165, 1.54) is 0 Å². The van der Waals surface area contributed by atoms with Gasteiger partial charge in [-0.2, -0.15) is 0 Å². The maximum absolute atomic E-state index is 12.4. The predicted octanol–water partition coefficient (Wildman–Crippen LogP) is 2.21. The first-order chi connectivity index (χ1) is 10.1. The van der Waals surface area contributed by atoms with Gasteiger partial charge in [-0.1, -0.05) is 31.0 Å². The zero-order chi connectivity index (χ0) is 15.2. The van der Waals surface area contributed by atoms with Gasteiger partial charge in [0, 0.05) is 18.7 Å². The van der Waals surface area contributed by atoms with Crippen LogP contribution in [0.25, 0.3) is 0 Å². The van der Waals surface area contributed by atoms with Crippen LogP contribution in [0.3, 0.4) is 0 Å². The third kappa shape index (κ3) is 3.82. The van der Waals surface area contributed by atoms with E-state index in [0.29, 0.717) is 18.6 Å². The van der Waals surface area contributed by atoms with Gasteiger partial charge in [-0.15, -0.1) is 0 Å². The van der Waals surface area contributed by atoms with Crippen LogP contribution in [0.2, 0.25) is 0 Å². The molecule has 0 saturated heterocycles. The van der Waals surface area contributed by atoms with Crippen molar-refractivity contribution >= 4 is 11.9 Å². The summed E-state index contributed by atoms with van der Waals surface area (Å²) in [5.41, 5.74) is 1.36. The van der Waals surface area contributed by atoms with Crippen LogP contribution in [0.4, 0.5) is 0 Å². The highest BCUT2D eigenvalue weighted by molar-refractivity contribution is 5.96. The van der Waals surface area contributed by atoms with Crippen molar-refractivity contribution in [2.45, 2.75) is 38.3 Å². The van der Waals surface area contributed by atoms with Crippen molar-refractivity contribution in [3.63, 3.8) is 0 Å². The molecule has 1 aliphatic carbocycles. The molecule has 0 spiro atoms. The molecule has 1 aliphatic rings. The summed E-state index contributed by atoms with van der Waals surface area (Å²) in [6.07, 6.45) is 3.20. The van der Waals surface area contributed by atoms with Crippen LogP contribution < -0.4 is 5.32 Å². The number of hydrogen-bond acceptors (Lipinski definition) is 3. The summed E-state index contributed by atoms with van der Waals surface area (Å²) in [6.45, 7) is 0.358. The molecule has 0 bridgehead atoms. The number of nitrogens with one attached hydrogen (secondary N) is 1. The number of aliphatic carboxylic acids is 1. The fourth-order valence-corrected chi connectivity index (χ4v) is 2.87. The Morgan fingerprint density at radius 2 is 2.00 bits per heavy atom. The largest absolute Gasteiger partial charge is 0.481 e. The molecule has 5 nitrogen and oxygen atoms in total. The summed E-state index contributed by atoms with van der Waals surface area (Å²) >= 11 is 0. The number of benzene rings is 1. The Morgan fingerprint density at radius 1 is 1.29 bits per heavy atom. The smallest absolute Gasteiger partial charge is 0.308 e. The normalized spacial score (nSPS) is 21.8. The van der Waals surface area contributed by atoms with Gasteiger partial charge in [-0.25, -0.2) is 0 Å². The number of carboxylic acid groups (broad SMARTS) is 1. The molecule has 2 rings (SSSR count). The second kappa shape index (κ2) is 7.22. The van der Waals surface area contributed by atoms with E-state index in [9.17, 15) is 14.7 Å². The monoisotopic (exact) mass is 291 g/mol. The Kier molecular flexibility index (Phi) is 5.33. The lowest BCUT2D eigenvalue weighted by molar-refractivity contribution is -0.143. The van der Waals surface area contributed by atoms with Gasteiger partial charge in [-0.05, 0) is 24.5 Å². The fraction of sp³-hybridized carbons (Fsp3) is 0.500. The summed E-state index contributed by atoms with van der Waals surface area (Å²) in [5, 5.41) is 12.1. The summed E-state index contributed by atoms with van der Waals surface area (Å²) in [7, 11) is 1.58. The lowest BCUT2D eigenvalue weighted by atomic mass is 9.84. The summed E-state index contributed by atoms with van der Waals surface area (Å²) in [5.74, 6) is -1.54. The second-order valence-electron chi connectivity index (χ2n) is 5.40. The van der Waals surface area contributed by atoms with Crippen molar-refractivity contribution in [1.29, 1.82) is 0 Å². The van der Waals surface area contributed by atoms with Gasteiger partial charge in [-0.3, -0.25) is 9.59 Å². The lowest BCUT2D eigenvalue weighted by Gasteiger charge is -2.29. The van der Waals surface area contributed by atoms with E-state index in [4.69, 9.17) is 4.74 Å². The van der Waals surface area contributed by atoms with Crippen LogP contribution in [-0.2, 0) is 16.1 Å². The Bertz CT molecular complexity index is 515. The standard InChI is InChI=1S/C16H21NO4/c1-21-10-11-6-2-3-7-12(11)15(18)17-14-9-5-4-8-13(14)16(19)20/h2-3,6-7,13-14H,4-5,8-10H2,1H3,(H,17,18)(H,19,20). The highest BCUT2D eigenvalue weighted by atomic mass is 16.5. The van der Waals surface area contributed by atoms with Crippen LogP contribution in [-0.4, -0.2) is 30.1 Å². The highest BCUT2D eigenvalue weighted by Crippen LogP contribution is 2.25. The molecule has 0 radical (unpaired) electrons. The van der Waals surface area contributed by atoms with Gasteiger partial charge in [0.25, 0.3) is 5.91 Å². The zero-order valence-corrected chi connectivity index (χ0v) is 12.2. The lowest BCUT2D eigenvalue weighted by Crippen LogP contribution is -2.45. The van der Waals surface area contributed by atoms with Gasteiger partial charge in [0.15, 0.2) is 0 Å². The number of amides is 1. The van der Waals surface area contributed by atoms with Crippen molar-refractivity contribution < 1.29 is 19.4 Å². The molecule has 1 aromatic rings. The predicted molar refractivity (Wildman–Crippen MR) is 78.0 cm³/mol. The second-order valence-corrected chi connectivity index (χ2v) is 5.40. The molecule has 2 atom stereocenters. The molecule has 1 amide bonds. The molecule has 1 fully saturated rings. The molecule has 1 saturated carbocycles. The molecule has 0 aliphatic heterocycles. The Labute approximate surface area is 124 Å². The van der Waals surface area contributed by atoms with E-state index >= 15 is 0 Å². The minimum absolute atomic E-state index is 0.221. The molecule has 21 heavy (non-hydrogen) atoms. The minimum Gasteiger partial charge on any atom is -0.481 e. The molecular weight excluding hydrogens is 270 g/mol. The van der Waals surface area contributed by atoms with Crippen molar-refractivity contribution in [3.8, 4) is 0 Å². The van der Waals surface area contributed by atoms with Gasteiger partial charge in [0.1, 0.15) is 0 Å². The number of carboxylic acids is 1. The van der Waals surface area contributed by atoms with Crippen LogP contribution in [0.5, 0.6) is 0 Å². The van der Waals surface area contributed by atoms with Gasteiger partial charge < -0.3 is 15.2 Å². The average molecular weight is 291 g/mol. The SMILES string of the molecule is COCc1ccccc1C(=O)NC1CCCCC1C(=O)O. The zero-order valence-electron chi connectivity index (χ0n) is 12.2. The van der Waals surface area contributed by atoms with E-state index in [1.54, 1.807) is 19.2 Å². The van der Waals surface area contributed by atoms with Crippen molar-refractivity contribution in [2.75, 3.05) is 7.11 Å². The maximum atomic E-state index is 12.4. The van der Waals surface area contributed by atoms with E-state index in [2.05, 4.69) is 5.32 Å².